The van der Waals surface area contributed by atoms with E-state index < -0.39 is 0 Å². The lowest BCUT2D eigenvalue weighted by Crippen LogP contribution is -2.44. The Morgan fingerprint density at radius 1 is 1.40 bits per heavy atom. The first kappa shape index (κ1) is 17.3. The molecule has 136 valence electrons. The average molecular weight is 341 g/mol. The molecule has 0 radical (unpaired) electrons. The Morgan fingerprint density at radius 3 is 3.00 bits per heavy atom. The molecule has 0 spiro atoms. The molecule has 1 aliphatic heterocycles. The van der Waals surface area contributed by atoms with E-state index in [1.807, 2.05) is 6.08 Å². The van der Waals surface area contributed by atoms with Crippen LogP contribution in [0, 0.1) is 34.5 Å². The van der Waals surface area contributed by atoms with Gasteiger partial charge in [-0.3, -0.25) is 0 Å². The predicted octanol–water partition coefficient (Wildman–Crippen LogP) is 2.31. The van der Waals surface area contributed by atoms with Gasteiger partial charge >= 0.3 is 0 Å². The molecule has 1 saturated heterocycles. The van der Waals surface area contributed by atoms with Gasteiger partial charge in [0.25, 0.3) is 0 Å². The molecule has 4 nitrogen and oxygen atoms in total. The quantitative estimate of drug-likeness (QED) is 0.729. The molecule has 3 fully saturated rings. The summed E-state index contributed by atoms with van der Waals surface area (Å²) >= 11 is 0. The summed E-state index contributed by atoms with van der Waals surface area (Å²) in [7, 11) is 0. The number of nitrogens with one attached hydrogen (secondary N) is 2. The van der Waals surface area contributed by atoms with Crippen molar-refractivity contribution in [2.24, 2.45) is 23.2 Å². The standard InChI is InChI=1S/C21H32N4/c1-16-3-4-17(15-22)13-18(16)21-6-5-20(19(21)14-21)24-7-2-10-25-11-8-23-9-12-25/h3-4,13,16,18-20,23-24H,2,5-12,14H2,1H3/t16?,18-,19?,20?,21-/m1/s1. The highest BCUT2D eigenvalue weighted by Gasteiger charge is 2.64. The molecule has 3 aliphatic carbocycles. The summed E-state index contributed by atoms with van der Waals surface area (Å²) < 4.78 is 0. The van der Waals surface area contributed by atoms with E-state index in [2.05, 4.69) is 40.7 Å². The second kappa shape index (κ2) is 7.23. The fourth-order valence-corrected chi connectivity index (χ4v) is 5.67. The number of hydrogen-bond acceptors (Lipinski definition) is 4. The zero-order valence-corrected chi connectivity index (χ0v) is 15.5. The van der Waals surface area contributed by atoms with Crippen LogP contribution in [0.25, 0.3) is 0 Å². The Kier molecular flexibility index (Phi) is 4.99. The van der Waals surface area contributed by atoms with Crippen molar-refractivity contribution in [3.8, 4) is 6.07 Å². The van der Waals surface area contributed by atoms with E-state index in [4.69, 9.17) is 0 Å². The lowest BCUT2D eigenvalue weighted by atomic mass is 9.75. The van der Waals surface area contributed by atoms with Gasteiger partial charge in [0.1, 0.15) is 0 Å². The van der Waals surface area contributed by atoms with Crippen molar-refractivity contribution in [2.75, 3.05) is 39.3 Å². The third-order valence-corrected chi connectivity index (χ3v) is 7.15. The maximum Gasteiger partial charge on any atom is 0.0988 e. The molecular weight excluding hydrogens is 308 g/mol. The number of rotatable bonds is 6. The van der Waals surface area contributed by atoms with Gasteiger partial charge in [0, 0.05) is 37.8 Å². The molecule has 2 saturated carbocycles. The Morgan fingerprint density at radius 2 is 2.24 bits per heavy atom. The minimum atomic E-state index is 0.489. The smallest absolute Gasteiger partial charge is 0.0988 e. The van der Waals surface area contributed by atoms with Gasteiger partial charge in [0.2, 0.25) is 0 Å². The summed E-state index contributed by atoms with van der Waals surface area (Å²) in [6.07, 6.45) is 11.8. The molecule has 4 heteroatoms. The molecule has 3 unspecified atom stereocenters. The minimum Gasteiger partial charge on any atom is -0.314 e. The molecule has 5 atom stereocenters. The largest absolute Gasteiger partial charge is 0.314 e. The van der Waals surface area contributed by atoms with E-state index in [-0.39, 0.29) is 0 Å². The minimum absolute atomic E-state index is 0.489. The Balaban J connectivity index is 1.25. The van der Waals surface area contributed by atoms with Gasteiger partial charge in [-0.05, 0) is 68.0 Å². The molecule has 4 rings (SSSR count). The summed E-state index contributed by atoms with van der Waals surface area (Å²) in [5.41, 5.74) is 1.36. The van der Waals surface area contributed by atoms with E-state index in [0.29, 0.717) is 23.3 Å². The van der Waals surface area contributed by atoms with Gasteiger partial charge in [0.05, 0.1) is 6.07 Å². The van der Waals surface area contributed by atoms with Crippen LogP contribution < -0.4 is 10.6 Å². The van der Waals surface area contributed by atoms with Gasteiger partial charge in [-0.1, -0.05) is 19.1 Å². The fourth-order valence-electron chi connectivity index (χ4n) is 5.67. The summed E-state index contributed by atoms with van der Waals surface area (Å²) in [5.74, 6) is 1.99. The molecule has 0 aromatic rings. The first-order valence-corrected chi connectivity index (χ1v) is 10.2. The topological polar surface area (TPSA) is 51.1 Å². The predicted molar refractivity (Wildman–Crippen MR) is 101 cm³/mol. The molecule has 4 aliphatic rings. The van der Waals surface area contributed by atoms with Crippen LogP contribution in [0.4, 0.5) is 0 Å². The number of piperazine rings is 1. The second-order valence-corrected chi connectivity index (χ2v) is 8.57. The van der Waals surface area contributed by atoms with Gasteiger partial charge in [-0.2, -0.15) is 5.26 Å². The lowest BCUT2D eigenvalue weighted by Gasteiger charge is -2.29. The number of hydrogen-bond donors (Lipinski definition) is 2. The SMILES string of the molecule is CC1C=CC(C#N)=C[C@H]1[C@]12CCC(NCCCN3CCNCC3)C1C2. The molecule has 25 heavy (non-hydrogen) atoms. The highest BCUT2D eigenvalue weighted by atomic mass is 15.2. The fraction of sp³-hybridized carbons (Fsp3) is 0.762. The van der Waals surface area contributed by atoms with E-state index in [1.165, 1.54) is 45.3 Å². The molecule has 0 bridgehead atoms. The second-order valence-electron chi connectivity index (χ2n) is 8.57. The average Bonchev–Trinajstić information content (AvgIpc) is 3.28. The van der Waals surface area contributed by atoms with E-state index >= 15 is 0 Å². The van der Waals surface area contributed by atoms with Crippen molar-refractivity contribution in [3.05, 3.63) is 23.8 Å². The first-order valence-electron chi connectivity index (χ1n) is 10.2. The van der Waals surface area contributed by atoms with Crippen LogP contribution in [-0.4, -0.2) is 50.2 Å². The van der Waals surface area contributed by atoms with Crippen LogP contribution in [-0.2, 0) is 0 Å². The van der Waals surface area contributed by atoms with Crippen molar-refractivity contribution < 1.29 is 0 Å². The summed E-state index contributed by atoms with van der Waals surface area (Å²) in [4.78, 5) is 2.58. The van der Waals surface area contributed by atoms with E-state index in [0.717, 1.165) is 31.1 Å². The van der Waals surface area contributed by atoms with Gasteiger partial charge < -0.3 is 15.5 Å². The Hall–Kier alpha value is -1.15. The van der Waals surface area contributed by atoms with Gasteiger partial charge in [-0.25, -0.2) is 0 Å². The van der Waals surface area contributed by atoms with Crippen LogP contribution in [0.1, 0.15) is 32.6 Å². The monoisotopic (exact) mass is 340 g/mol. The normalized spacial score (nSPS) is 40.4. The molecule has 1 heterocycles. The summed E-state index contributed by atoms with van der Waals surface area (Å²) in [5, 5.41) is 16.5. The molecule has 2 N–H and O–H groups in total. The van der Waals surface area contributed by atoms with Crippen LogP contribution >= 0.6 is 0 Å². The van der Waals surface area contributed by atoms with Crippen LogP contribution in [0.3, 0.4) is 0 Å². The maximum atomic E-state index is 9.25. The molecule has 0 aromatic heterocycles. The summed E-state index contributed by atoms with van der Waals surface area (Å²) in [6.45, 7) is 9.41. The van der Waals surface area contributed by atoms with E-state index in [1.54, 1.807) is 0 Å². The third-order valence-electron chi connectivity index (χ3n) is 7.15. The Labute approximate surface area is 152 Å². The maximum absolute atomic E-state index is 9.25. The van der Waals surface area contributed by atoms with Crippen LogP contribution in [0.5, 0.6) is 0 Å². The number of fused-ring (bicyclic) bond motifs is 1. The zero-order valence-electron chi connectivity index (χ0n) is 15.5. The highest BCUT2D eigenvalue weighted by Crippen LogP contribution is 2.69. The first-order chi connectivity index (χ1) is 12.2. The number of nitrogens with zero attached hydrogens (tertiary/aromatic N) is 2. The van der Waals surface area contributed by atoms with Crippen molar-refractivity contribution in [1.82, 2.24) is 15.5 Å². The van der Waals surface area contributed by atoms with Crippen LogP contribution in [0.15, 0.2) is 23.8 Å². The Bertz CT molecular complexity index is 583. The van der Waals surface area contributed by atoms with Gasteiger partial charge in [0.15, 0.2) is 0 Å². The molecule has 0 aromatic carbocycles. The lowest BCUT2D eigenvalue weighted by molar-refractivity contribution is 0.236. The van der Waals surface area contributed by atoms with Gasteiger partial charge in [-0.15, -0.1) is 0 Å². The number of nitriles is 1. The molecule has 0 amide bonds. The van der Waals surface area contributed by atoms with Crippen LogP contribution in [0.2, 0.25) is 0 Å². The van der Waals surface area contributed by atoms with Crippen molar-refractivity contribution in [2.45, 2.75) is 38.6 Å². The van der Waals surface area contributed by atoms with Crippen molar-refractivity contribution >= 4 is 0 Å². The van der Waals surface area contributed by atoms with Crippen molar-refractivity contribution in [1.29, 1.82) is 5.26 Å². The molecular formula is C21H32N4. The zero-order chi connectivity index (χ0) is 17.3. The van der Waals surface area contributed by atoms with Crippen molar-refractivity contribution in [3.63, 3.8) is 0 Å². The highest BCUT2D eigenvalue weighted by molar-refractivity contribution is 5.39. The van der Waals surface area contributed by atoms with E-state index in [9.17, 15) is 5.26 Å². The summed E-state index contributed by atoms with van der Waals surface area (Å²) in [6, 6.07) is 3.06. The number of allylic oxidation sites excluding steroid dienone is 4. The third kappa shape index (κ3) is 3.43.